The Labute approximate surface area is 215 Å². The number of nitrogens with zero attached hydrogens (tertiary/aromatic N) is 2. The van der Waals surface area contributed by atoms with E-state index in [0.29, 0.717) is 31.0 Å². The highest BCUT2D eigenvalue weighted by molar-refractivity contribution is 14.1. The molecule has 2 aliphatic heterocycles. The molecule has 7 nitrogen and oxygen atoms in total. The predicted octanol–water partition coefficient (Wildman–Crippen LogP) is 5.34. The average Bonchev–Trinajstić information content (AvgIpc) is 3.42. The number of rotatable bonds is 11. The lowest BCUT2D eigenvalue weighted by Gasteiger charge is -2.19. The van der Waals surface area contributed by atoms with Gasteiger partial charge in [-0.1, -0.05) is 44.6 Å². The van der Waals surface area contributed by atoms with Crippen molar-refractivity contribution in [1.29, 1.82) is 0 Å². The fraction of sp³-hybridized carbons (Fsp3) is 0.696. The van der Waals surface area contributed by atoms with Crippen LogP contribution in [0.15, 0.2) is 12.1 Å². The summed E-state index contributed by atoms with van der Waals surface area (Å²) in [7, 11) is -1.17. The lowest BCUT2D eigenvalue weighted by molar-refractivity contribution is -0.0368. The summed E-state index contributed by atoms with van der Waals surface area (Å²) in [6, 6.07) is 5.51. The van der Waals surface area contributed by atoms with Crippen molar-refractivity contribution >= 4 is 53.3 Å². The lowest BCUT2D eigenvalue weighted by Crippen LogP contribution is -2.36. The quantitative estimate of drug-likeness (QED) is 0.195. The van der Waals surface area contributed by atoms with Gasteiger partial charge in [-0.25, -0.2) is 0 Å². The molecule has 2 saturated heterocycles. The minimum absolute atomic E-state index is 0.0424. The second kappa shape index (κ2) is 11.1. The first kappa shape index (κ1) is 25.7. The maximum absolute atomic E-state index is 6.39. The number of ether oxygens (including phenoxy) is 5. The smallest absolute Gasteiger partial charge is 0.299 e. The summed E-state index contributed by atoms with van der Waals surface area (Å²) in [4.78, 5) is 4.74. The van der Waals surface area contributed by atoms with Crippen LogP contribution in [-0.4, -0.2) is 68.5 Å². The van der Waals surface area contributed by atoms with Gasteiger partial charge in [0.25, 0.3) is 6.01 Å². The van der Waals surface area contributed by atoms with Crippen molar-refractivity contribution in [2.45, 2.75) is 76.6 Å². The summed E-state index contributed by atoms with van der Waals surface area (Å²) >= 11 is 8.60. The van der Waals surface area contributed by atoms with E-state index in [2.05, 4.69) is 49.2 Å². The average molecular weight is 609 g/mol. The maximum Gasteiger partial charge on any atom is 0.299 e. The normalized spacial score (nSPS) is 25.2. The van der Waals surface area contributed by atoms with Crippen LogP contribution in [0.2, 0.25) is 30.7 Å². The number of fused-ring (bicyclic) bond motifs is 2. The Balaban J connectivity index is 1.49. The Hall–Kier alpha value is -0.433. The standard InChI is InChI=1S/C23H34ClIN2O5Si/c1-5-6-7-29-19-12-30-22-20(13-31-21(19)22)32-23-26-17-10-15(24)16(25)11-18(17)27(23)14-28-8-9-33(2,3)4/h10-11,19-22H,5-9,12-14H2,1-4H3/t19-,20-,21-,22-/m1/s1. The van der Waals surface area contributed by atoms with E-state index in [0.717, 1.165) is 46.7 Å². The molecule has 3 heterocycles. The number of hydrogen-bond donors (Lipinski definition) is 0. The van der Waals surface area contributed by atoms with Gasteiger partial charge in [0.05, 0.1) is 29.3 Å². The summed E-state index contributed by atoms with van der Waals surface area (Å²) < 4.78 is 33.4. The summed E-state index contributed by atoms with van der Waals surface area (Å²) in [6.07, 6.45) is 1.58. The van der Waals surface area contributed by atoms with Crippen LogP contribution in [0.3, 0.4) is 0 Å². The molecular formula is C23H34ClIN2O5Si. The monoisotopic (exact) mass is 608 g/mol. The lowest BCUT2D eigenvalue weighted by atomic mass is 10.1. The van der Waals surface area contributed by atoms with Crippen LogP contribution in [0.5, 0.6) is 6.01 Å². The Morgan fingerprint density at radius 3 is 2.61 bits per heavy atom. The van der Waals surface area contributed by atoms with E-state index < -0.39 is 8.07 Å². The molecule has 0 radical (unpaired) electrons. The second-order valence-electron chi connectivity index (χ2n) is 9.94. The third-order valence-corrected chi connectivity index (χ3v) is 9.25. The van der Waals surface area contributed by atoms with Gasteiger partial charge in [0, 0.05) is 24.9 Å². The molecule has 33 heavy (non-hydrogen) atoms. The molecule has 2 fully saturated rings. The highest BCUT2D eigenvalue weighted by Gasteiger charge is 2.50. The Kier molecular flexibility index (Phi) is 8.62. The fourth-order valence-electron chi connectivity index (χ4n) is 4.03. The van der Waals surface area contributed by atoms with E-state index >= 15 is 0 Å². The third-order valence-electron chi connectivity index (χ3n) is 6.02. The molecular weight excluding hydrogens is 575 g/mol. The summed E-state index contributed by atoms with van der Waals surface area (Å²) in [5, 5.41) is 0.675. The van der Waals surface area contributed by atoms with E-state index in [-0.39, 0.29) is 24.4 Å². The summed E-state index contributed by atoms with van der Waals surface area (Å²) in [6.45, 7) is 12.0. The van der Waals surface area contributed by atoms with Crippen molar-refractivity contribution in [3.63, 3.8) is 0 Å². The van der Waals surface area contributed by atoms with Crippen molar-refractivity contribution in [2.75, 3.05) is 26.4 Å². The molecule has 0 aliphatic carbocycles. The van der Waals surface area contributed by atoms with Gasteiger partial charge >= 0.3 is 0 Å². The molecule has 184 valence electrons. The molecule has 1 aromatic carbocycles. The van der Waals surface area contributed by atoms with E-state index in [9.17, 15) is 0 Å². The number of halogens is 2. The molecule has 0 amide bonds. The van der Waals surface area contributed by atoms with Crippen LogP contribution < -0.4 is 4.74 Å². The maximum atomic E-state index is 6.39. The van der Waals surface area contributed by atoms with Crippen LogP contribution in [0.1, 0.15) is 19.8 Å². The first-order valence-electron chi connectivity index (χ1n) is 11.7. The van der Waals surface area contributed by atoms with Crippen molar-refractivity contribution < 1.29 is 23.7 Å². The number of imidazole rings is 1. The molecule has 2 aromatic rings. The third kappa shape index (κ3) is 6.23. The minimum atomic E-state index is -1.17. The molecule has 0 saturated carbocycles. The largest absolute Gasteiger partial charge is 0.456 e. The van der Waals surface area contributed by atoms with Crippen LogP contribution in [-0.2, 0) is 25.7 Å². The van der Waals surface area contributed by atoms with Crippen molar-refractivity contribution in [2.24, 2.45) is 0 Å². The zero-order valence-corrected chi connectivity index (χ0v) is 23.7. The van der Waals surface area contributed by atoms with Crippen LogP contribution in [0, 0.1) is 3.57 Å². The molecule has 0 N–H and O–H groups in total. The van der Waals surface area contributed by atoms with E-state index in [1.807, 2.05) is 16.7 Å². The molecule has 10 heteroatoms. The molecule has 2 aliphatic rings. The molecule has 0 bridgehead atoms. The van der Waals surface area contributed by atoms with Gasteiger partial charge in [0.2, 0.25) is 0 Å². The number of unbranched alkanes of at least 4 members (excludes halogenated alkanes) is 1. The van der Waals surface area contributed by atoms with Gasteiger partial charge in [0.1, 0.15) is 25.0 Å². The highest BCUT2D eigenvalue weighted by Crippen LogP contribution is 2.34. The topological polar surface area (TPSA) is 64.0 Å². The van der Waals surface area contributed by atoms with Gasteiger partial charge in [-0.2, -0.15) is 4.98 Å². The van der Waals surface area contributed by atoms with Crippen molar-refractivity contribution in [1.82, 2.24) is 9.55 Å². The molecule has 4 rings (SSSR count). The fourth-order valence-corrected chi connectivity index (χ4v) is 5.40. The SMILES string of the molecule is CCCCO[C@@H]1CO[C@H]2[C@@H]1OC[C@H]2Oc1nc2cc(Cl)c(I)cc2n1COCC[Si](C)(C)C. The van der Waals surface area contributed by atoms with Gasteiger partial charge in [-0.3, -0.25) is 4.57 Å². The number of aromatic nitrogens is 2. The summed E-state index contributed by atoms with van der Waals surface area (Å²) in [5.74, 6) is 0. The van der Waals surface area contributed by atoms with Gasteiger partial charge in [-0.15, -0.1) is 0 Å². The zero-order chi connectivity index (χ0) is 23.6. The molecule has 0 unspecified atom stereocenters. The number of hydrogen-bond acceptors (Lipinski definition) is 6. The Bertz CT molecular complexity index is 953. The van der Waals surface area contributed by atoms with Crippen LogP contribution >= 0.6 is 34.2 Å². The van der Waals surface area contributed by atoms with E-state index in [1.54, 1.807) is 0 Å². The molecule has 4 atom stereocenters. The highest BCUT2D eigenvalue weighted by atomic mass is 127. The first-order valence-corrected chi connectivity index (χ1v) is 16.9. The first-order chi connectivity index (χ1) is 15.8. The Morgan fingerprint density at radius 2 is 1.88 bits per heavy atom. The van der Waals surface area contributed by atoms with Crippen molar-refractivity contribution in [3.05, 3.63) is 20.7 Å². The van der Waals surface area contributed by atoms with Gasteiger partial charge in [-0.05, 0) is 47.2 Å². The van der Waals surface area contributed by atoms with E-state index in [1.165, 1.54) is 0 Å². The van der Waals surface area contributed by atoms with Crippen LogP contribution in [0.4, 0.5) is 0 Å². The van der Waals surface area contributed by atoms with E-state index in [4.69, 9.17) is 40.3 Å². The van der Waals surface area contributed by atoms with Crippen molar-refractivity contribution in [3.8, 4) is 6.01 Å². The molecule has 0 spiro atoms. The second-order valence-corrected chi connectivity index (χ2v) is 17.1. The van der Waals surface area contributed by atoms with Gasteiger partial charge < -0.3 is 23.7 Å². The zero-order valence-electron chi connectivity index (χ0n) is 19.8. The number of benzene rings is 1. The predicted molar refractivity (Wildman–Crippen MR) is 140 cm³/mol. The minimum Gasteiger partial charge on any atom is -0.456 e. The Morgan fingerprint density at radius 1 is 1.15 bits per heavy atom. The van der Waals surface area contributed by atoms with Gasteiger partial charge in [0.15, 0.2) is 6.10 Å². The summed E-state index contributed by atoms with van der Waals surface area (Å²) in [5.41, 5.74) is 1.73. The van der Waals surface area contributed by atoms with Crippen LogP contribution in [0.25, 0.3) is 11.0 Å². The molecule has 1 aromatic heterocycles.